The van der Waals surface area contributed by atoms with Gasteiger partial charge in [0, 0.05) is 0 Å². The molecule has 1 aliphatic heterocycles. The van der Waals surface area contributed by atoms with Gasteiger partial charge >= 0.3 is 137 Å². The molecule has 0 saturated carbocycles. The van der Waals surface area contributed by atoms with Gasteiger partial charge in [0.1, 0.15) is 0 Å². The van der Waals surface area contributed by atoms with Gasteiger partial charge in [0.15, 0.2) is 0 Å². The van der Waals surface area contributed by atoms with Crippen LogP contribution < -0.4 is 21.0 Å². The van der Waals surface area contributed by atoms with Gasteiger partial charge < -0.3 is 5.11 Å². The van der Waals surface area contributed by atoms with Gasteiger partial charge in [-0.3, -0.25) is 0 Å². The molecule has 6 heteroatoms. The van der Waals surface area contributed by atoms with E-state index in [0.717, 1.165) is 26.2 Å². The van der Waals surface area contributed by atoms with Crippen molar-refractivity contribution in [3.8, 4) is 0 Å². The topological polar surface area (TPSA) is 38.5 Å². The monoisotopic (exact) mass is 501 g/mol. The number of nitrogens with zero attached hydrogens (tertiary/aromatic N) is 2. The average Bonchev–Trinajstić information content (AvgIpc) is 2.49. The van der Waals surface area contributed by atoms with Crippen molar-refractivity contribution in [3.05, 3.63) is 29.8 Å². The number of hydrogen-bond donors (Lipinski definition) is 2. The second-order valence-corrected chi connectivity index (χ2v) is 8.66. The number of aliphatic hydroxyl groups excluding tert-OH is 1. The summed E-state index contributed by atoms with van der Waals surface area (Å²) in [6, 6.07) is 9.29. The van der Waals surface area contributed by atoms with Gasteiger partial charge in [0.05, 0.1) is 0 Å². The van der Waals surface area contributed by atoms with Crippen molar-refractivity contribution in [1.82, 2.24) is 8.43 Å². The molecule has 1 aromatic rings. The fourth-order valence-corrected chi connectivity index (χ4v) is 5.39. The molecule has 4 nitrogen and oxygen atoms in total. The van der Waals surface area contributed by atoms with Crippen LogP contribution in [0.15, 0.2) is 24.3 Å². The second-order valence-electron chi connectivity index (χ2n) is 4.89. The maximum absolute atomic E-state index is 8.95. The maximum atomic E-state index is 8.95. The van der Waals surface area contributed by atoms with Gasteiger partial charge in [-0.1, -0.05) is 0 Å². The predicted octanol–water partition coefficient (Wildman–Crippen LogP) is -1.29. The number of β-amino-alcohol motifs (C(OH)–C–C–N with tert-alkyl or cyclic N) is 1. The summed E-state index contributed by atoms with van der Waals surface area (Å²) in [6.45, 7) is 6.15. The molecule has 2 rings (SSSR count). The Morgan fingerprint density at radius 3 is 2.75 bits per heavy atom. The molecule has 2 N–H and O–H groups in total. The molecular formula is C14H21I2N3O. The van der Waals surface area contributed by atoms with E-state index in [9.17, 15) is 0 Å². The van der Waals surface area contributed by atoms with Gasteiger partial charge in [0.25, 0.3) is 0 Å². The molecule has 0 aliphatic carbocycles. The molecule has 0 radical (unpaired) electrons. The Kier molecular flexibility index (Phi) is 7.15. The Morgan fingerprint density at radius 1 is 1.45 bits per heavy atom. The van der Waals surface area contributed by atoms with E-state index in [2.05, 4.69) is 69.0 Å². The molecule has 1 unspecified atom stereocenters. The van der Waals surface area contributed by atoms with Crippen molar-refractivity contribution in [1.29, 1.82) is 0 Å². The molecule has 0 fully saturated rings. The van der Waals surface area contributed by atoms with E-state index in [1.54, 1.807) is 0 Å². The van der Waals surface area contributed by atoms with Crippen LogP contribution in [-0.2, 0) is 0 Å². The standard InChI is InChI=1S/C14H21I2N3O/c1-12(17-16-15)13-2-4-14(5-3-13)19-8-6-18(7-9-19)10-11-20/h2-5,8,12,17,20H,6-7,9-11H2,1H3. The third-order valence-electron chi connectivity index (χ3n) is 3.56. The fourth-order valence-electron chi connectivity index (χ4n) is 2.30. The summed E-state index contributed by atoms with van der Waals surface area (Å²) in [6.07, 6.45) is 2.21. The molecule has 1 heterocycles. The van der Waals surface area contributed by atoms with E-state index in [1.165, 1.54) is 11.3 Å². The first-order chi connectivity index (χ1) is 9.74. The van der Waals surface area contributed by atoms with E-state index in [1.807, 2.05) is 0 Å². The number of rotatable bonds is 6. The molecule has 20 heavy (non-hydrogen) atoms. The van der Waals surface area contributed by atoms with Crippen LogP contribution in [0.2, 0.25) is 0 Å². The molecule has 0 aromatic heterocycles. The molecule has 112 valence electrons. The Labute approximate surface area is 141 Å². The minimum atomic E-state index is 0.0890. The van der Waals surface area contributed by atoms with E-state index in [0.29, 0.717) is 6.04 Å². The number of nitrogens with one attached hydrogen (secondary N) is 1. The summed E-state index contributed by atoms with van der Waals surface area (Å²) in [5.74, 6) is 0. The summed E-state index contributed by atoms with van der Waals surface area (Å²) in [7, 11) is 0. The van der Waals surface area contributed by atoms with Crippen molar-refractivity contribution in [2.75, 3.05) is 32.8 Å². The van der Waals surface area contributed by atoms with E-state index >= 15 is 0 Å². The summed E-state index contributed by atoms with van der Waals surface area (Å²) in [4.78, 5) is 2.26. The summed E-state index contributed by atoms with van der Waals surface area (Å²) in [5, 5.41) is 8.95. The van der Waals surface area contributed by atoms with Crippen LogP contribution in [0.25, 0.3) is 0 Å². The van der Waals surface area contributed by atoms with Crippen molar-refractivity contribution in [3.63, 3.8) is 0 Å². The van der Waals surface area contributed by atoms with Crippen molar-refractivity contribution in [2.24, 2.45) is 0 Å². The van der Waals surface area contributed by atoms with Gasteiger partial charge in [-0.15, -0.1) is 0 Å². The van der Waals surface area contributed by atoms with Crippen LogP contribution >= 0.6 is 18.6 Å². The third-order valence-corrected chi connectivity index (χ3v) is 6.31. The van der Waals surface area contributed by atoms with Crippen LogP contribution in [0.3, 0.4) is 0 Å². The fraction of sp³-hybridized carbons (Fsp3) is 0.500. The summed E-state index contributed by atoms with van der Waals surface area (Å²) in [5.41, 5.74) is 2.61. The zero-order valence-corrected chi connectivity index (χ0v) is 15.9. The molecule has 1 aromatic carbocycles. The number of aliphatic hydroxyl groups is 1. The van der Waals surface area contributed by atoms with Crippen molar-refractivity contribution in [2.45, 2.75) is 13.0 Å². The van der Waals surface area contributed by atoms with Crippen LogP contribution in [-0.4, -0.2) is 53.6 Å². The first-order valence-electron chi connectivity index (χ1n) is 6.78. The van der Waals surface area contributed by atoms with E-state index in [4.69, 9.17) is 5.11 Å². The Bertz CT molecular complexity index is 450. The summed E-state index contributed by atoms with van der Waals surface area (Å²) >= 11 is 2.53. The van der Waals surface area contributed by atoms with Crippen LogP contribution in [0, 0.1) is 0 Å². The Balaban J connectivity index is 2.00. The zero-order valence-electron chi connectivity index (χ0n) is 11.6. The van der Waals surface area contributed by atoms with Gasteiger partial charge in [-0.25, -0.2) is 0 Å². The van der Waals surface area contributed by atoms with Crippen LogP contribution in [0.4, 0.5) is 5.69 Å². The Morgan fingerprint density at radius 2 is 2.20 bits per heavy atom. The van der Waals surface area contributed by atoms with Gasteiger partial charge in [-0.2, -0.15) is 0 Å². The van der Waals surface area contributed by atoms with Crippen LogP contribution in [0.5, 0.6) is 0 Å². The molecule has 1 aliphatic rings. The normalized spacial score (nSPS) is 18.1. The molecular weight excluding hydrogens is 480 g/mol. The van der Waals surface area contributed by atoms with Gasteiger partial charge in [0.2, 0.25) is 0 Å². The predicted molar refractivity (Wildman–Crippen MR) is 86.4 cm³/mol. The summed E-state index contributed by atoms with van der Waals surface area (Å²) < 4.78 is 5.83. The Hall–Kier alpha value is 0.230. The first-order valence-corrected chi connectivity index (χ1v) is 14.1. The molecule has 0 saturated heterocycles. The van der Waals surface area contributed by atoms with Crippen LogP contribution in [0.1, 0.15) is 18.5 Å². The SMILES string of the molecule is CC(N[I-]I)c1ccc([N+]2=CCN(CCO)CC2)cc1. The number of halogens is 2. The zero-order chi connectivity index (χ0) is 14.4. The first kappa shape index (κ1) is 16.6. The third kappa shape index (κ3) is 4.62. The second kappa shape index (κ2) is 8.62. The van der Waals surface area contributed by atoms with Gasteiger partial charge in [-0.05, 0) is 0 Å². The van der Waals surface area contributed by atoms with Crippen molar-refractivity contribution >= 4 is 30.5 Å². The molecule has 0 bridgehead atoms. The number of benzene rings is 1. The minimum absolute atomic E-state index is 0.0890. The quantitative estimate of drug-likeness (QED) is 0.290. The van der Waals surface area contributed by atoms with E-state index in [-0.39, 0.29) is 24.1 Å². The molecule has 0 spiro atoms. The van der Waals surface area contributed by atoms with Crippen molar-refractivity contribution < 1.29 is 27.2 Å². The molecule has 0 amide bonds. The van der Waals surface area contributed by atoms with E-state index < -0.39 is 0 Å². The molecule has 1 atom stereocenters. The average molecular weight is 501 g/mol. The number of hydrogen-bond acceptors (Lipinski definition) is 3.